The maximum Gasteiger partial charge on any atom is 0.246 e. The third-order valence-electron chi connectivity index (χ3n) is 2.21. The molecule has 3 N–H and O–H groups in total. The molecule has 0 aliphatic rings. The van der Waals surface area contributed by atoms with Crippen molar-refractivity contribution in [2.24, 2.45) is 5.73 Å². The summed E-state index contributed by atoms with van der Waals surface area (Å²) in [6.07, 6.45) is 2.53. The van der Waals surface area contributed by atoms with E-state index in [1.807, 2.05) is 6.07 Å². The van der Waals surface area contributed by atoms with E-state index < -0.39 is 12.1 Å². The van der Waals surface area contributed by atoms with Gasteiger partial charge in [-0.15, -0.1) is 0 Å². The molecule has 0 aliphatic heterocycles. The number of nitrogens with zero attached hydrogens (tertiary/aromatic N) is 3. The van der Waals surface area contributed by atoms with Gasteiger partial charge in [-0.2, -0.15) is 4.98 Å². The van der Waals surface area contributed by atoms with Crippen LogP contribution in [0.5, 0.6) is 0 Å². The molecule has 0 aliphatic carbocycles. The quantitative estimate of drug-likeness (QED) is 0.885. The summed E-state index contributed by atoms with van der Waals surface area (Å²) in [5.74, 6) is 0.597. The van der Waals surface area contributed by atoms with Crippen molar-refractivity contribution >= 4 is 15.9 Å². The number of aliphatic hydroxyl groups excluding tert-OH is 1. The molecular formula is C10H11BrN4O2. The fourth-order valence-electron chi connectivity index (χ4n) is 1.23. The van der Waals surface area contributed by atoms with Crippen molar-refractivity contribution in [1.29, 1.82) is 0 Å². The first-order valence-electron chi connectivity index (χ1n) is 4.96. The molecule has 17 heavy (non-hydrogen) atoms. The highest BCUT2D eigenvalue weighted by Gasteiger charge is 2.20. The third kappa shape index (κ3) is 2.68. The normalized spacial score (nSPS) is 14.6. The number of aliphatic hydroxyl groups is 1. The van der Waals surface area contributed by atoms with Gasteiger partial charge >= 0.3 is 0 Å². The Labute approximate surface area is 106 Å². The highest BCUT2D eigenvalue weighted by Crippen LogP contribution is 2.21. The Bertz CT molecular complexity index is 515. The maximum absolute atomic E-state index is 9.33. The topological polar surface area (TPSA) is 98.1 Å². The Morgan fingerprint density at radius 2 is 2.24 bits per heavy atom. The van der Waals surface area contributed by atoms with E-state index in [0.29, 0.717) is 11.4 Å². The van der Waals surface area contributed by atoms with Gasteiger partial charge in [0.25, 0.3) is 0 Å². The Kier molecular flexibility index (Phi) is 3.51. The molecule has 2 aromatic rings. The molecule has 0 spiro atoms. The van der Waals surface area contributed by atoms with Crippen LogP contribution in [-0.4, -0.2) is 26.3 Å². The smallest absolute Gasteiger partial charge is 0.246 e. The minimum atomic E-state index is -0.746. The molecule has 90 valence electrons. The number of pyridine rings is 1. The third-order valence-corrected chi connectivity index (χ3v) is 2.64. The molecule has 0 amide bonds. The van der Waals surface area contributed by atoms with Crippen molar-refractivity contribution in [3.05, 3.63) is 28.8 Å². The molecule has 0 radical (unpaired) electrons. The first-order valence-corrected chi connectivity index (χ1v) is 5.75. The highest BCUT2D eigenvalue weighted by atomic mass is 79.9. The lowest BCUT2D eigenvalue weighted by molar-refractivity contribution is 0.146. The number of nitrogens with two attached hydrogens (primary N) is 1. The molecular weight excluding hydrogens is 288 g/mol. The van der Waals surface area contributed by atoms with Gasteiger partial charge in [0.05, 0.1) is 6.10 Å². The lowest BCUT2D eigenvalue weighted by atomic mass is 10.2. The van der Waals surface area contributed by atoms with E-state index in [-0.39, 0.29) is 5.89 Å². The van der Waals surface area contributed by atoms with Crippen LogP contribution in [0.1, 0.15) is 18.9 Å². The molecule has 0 fully saturated rings. The Morgan fingerprint density at radius 3 is 2.88 bits per heavy atom. The van der Waals surface area contributed by atoms with Crippen LogP contribution < -0.4 is 5.73 Å². The van der Waals surface area contributed by atoms with Gasteiger partial charge in [-0.1, -0.05) is 5.16 Å². The average molecular weight is 299 g/mol. The maximum atomic E-state index is 9.33. The van der Waals surface area contributed by atoms with Crippen LogP contribution in [0.4, 0.5) is 0 Å². The summed E-state index contributed by atoms with van der Waals surface area (Å²) in [5.41, 5.74) is 6.40. The number of aromatic nitrogens is 3. The highest BCUT2D eigenvalue weighted by molar-refractivity contribution is 9.10. The second-order valence-electron chi connectivity index (χ2n) is 3.61. The van der Waals surface area contributed by atoms with Gasteiger partial charge in [-0.3, -0.25) is 4.98 Å². The SMILES string of the molecule is CC(O)C(N)c1nc(-c2cncc(Br)c2)no1. The molecule has 2 rings (SSSR count). The summed E-state index contributed by atoms with van der Waals surface area (Å²) < 4.78 is 5.81. The van der Waals surface area contributed by atoms with Crippen LogP contribution in [0.3, 0.4) is 0 Å². The van der Waals surface area contributed by atoms with E-state index in [1.165, 1.54) is 0 Å². The zero-order chi connectivity index (χ0) is 12.4. The van der Waals surface area contributed by atoms with Crippen molar-refractivity contribution in [3.63, 3.8) is 0 Å². The molecule has 6 nitrogen and oxygen atoms in total. The molecule has 0 saturated heterocycles. The Hall–Kier alpha value is -1.31. The van der Waals surface area contributed by atoms with Crippen LogP contribution in [0.25, 0.3) is 11.4 Å². The van der Waals surface area contributed by atoms with Crippen LogP contribution >= 0.6 is 15.9 Å². The summed E-state index contributed by atoms with van der Waals surface area (Å²) in [7, 11) is 0. The van der Waals surface area contributed by atoms with Crippen LogP contribution in [-0.2, 0) is 0 Å². The molecule has 2 atom stereocenters. The molecule has 0 bridgehead atoms. The van der Waals surface area contributed by atoms with Gasteiger partial charge in [0, 0.05) is 22.4 Å². The standard InChI is InChI=1S/C10H11BrN4O2/c1-5(16)8(12)10-14-9(15-17-10)6-2-7(11)4-13-3-6/h2-5,8,16H,12H2,1H3. The molecule has 2 unspecified atom stereocenters. The Morgan fingerprint density at radius 1 is 1.47 bits per heavy atom. The van der Waals surface area contributed by atoms with Gasteiger partial charge in [0.1, 0.15) is 6.04 Å². The number of rotatable bonds is 3. The first-order chi connectivity index (χ1) is 8.08. The minimum absolute atomic E-state index is 0.204. The fraction of sp³-hybridized carbons (Fsp3) is 0.300. The summed E-state index contributed by atoms with van der Waals surface area (Å²) in [6.45, 7) is 1.56. The molecule has 2 heterocycles. The number of hydrogen-bond donors (Lipinski definition) is 2. The average Bonchev–Trinajstić information content (AvgIpc) is 2.77. The van der Waals surface area contributed by atoms with E-state index in [0.717, 1.165) is 4.47 Å². The van der Waals surface area contributed by atoms with E-state index >= 15 is 0 Å². The number of hydrogen-bond acceptors (Lipinski definition) is 6. The lowest BCUT2D eigenvalue weighted by Gasteiger charge is -2.08. The Balaban J connectivity index is 2.30. The first kappa shape index (κ1) is 12.2. The predicted octanol–water partition coefficient (Wildman–Crippen LogP) is 1.27. The number of halogens is 1. The largest absolute Gasteiger partial charge is 0.391 e. The van der Waals surface area contributed by atoms with E-state index in [1.54, 1.807) is 19.3 Å². The van der Waals surface area contributed by atoms with E-state index in [4.69, 9.17) is 10.3 Å². The van der Waals surface area contributed by atoms with Gasteiger partial charge in [0.15, 0.2) is 0 Å². The summed E-state index contributed by atoms with van der Waals surface area (Å²) in [6, 6.07) is 1.13. The van der Waals surface area contributed by atoms with Crippen molar-refractivity contribution < 1.29 is 9.63 Å². The second-order valence-corrected chi connectivity index (χ2v) is 4.53. The van der Waals surface area contributed by atoms with Crippen LogP contribution in [0.2, 0.25) is 0 Å². The van der Waals surface area contributed by atoms with Crippen LogP contribution in [0, 0.1) is 0 Å². The minimum Gasteiger partial charge on any atom is -0.391 e. The monoisotopic (exact) mass is 298 g/mol. The zero-order valence-corrected chi connectivity index (χ0v) is 10.6. The van der Waals surface area contributed by atoms with E-state index in [2.05, 4.69) is 31.1 Å². The lowest BCUT2D eigenvalue weighted by Crippen LogP contribution is -2.23. The summed E-state index contributed by atoms with van der Waals surface area (Å²) in [5, 5.41) is 13.1. The fourth-order valence-corrected chi connectivity index (χ4v) is 1.59. The predicted molar refractivity (Wildman–Crippen MR) is 63.8 cm³/mol. The summed E-state index contributed by atoms with van der Waals surface area (Å²) in [4.78, 5) is 8.12. The van der Waals surface area contributed by atoms with Crippen molar-refractivity contribution in [3.8, 4) is 11.4 Å². The van der Waals surface area contributed by atoms with Gasteiger partial charge in [0.2, 0.25) is 11.7 Å². The molecule has 0 aromatic carbocycles. The van der Waals surface area contributed by atoms with E-state index in [9.17, 15) is 5.11 Å². The van der Waals surface area contributed by atoms with Gasteiger partial charge < -0.3 is 15.4 Å². The van der Waals surface area contributed by atoms with Crippen LogP contribution in [0.15, 0.2) is 27.5 Å². The van der Waals surface area contributed by atoms with Crippen molar-refractivity contribution in [2.45, 2.75) is 19.1 Å². The second kappa shape index (κ2) is 4.91. The summed E-state index contributed by atoms with van der Waals surface area (Å²) >= 11 is 3.31. The van der Waals surface area contributed by atoms with Crippen molar-refractivity contribution in [2.75, 3.05) is 0 Å². The molecule has 2 aromatic heterocycles. The van der Waals surface area contributed by atoms with Gasteiger partial charge in [-0.05, 0) is 28.9 Å². The molecule has 0 saturated carbocycles. The zero-order valence-electron chi connectivity index (χ0n) is 9.04. The van der Waals surface area contributed by atoms with Crippen molar-refractivity contribution in [1.82, 2.24) is 15.1 Å². The molecule has 7 heteroatoms. The van der Waals surface area contributed by atoms with Gasteiger partial charge in [-0.25, -0.2) is 0 Å².